The Balaban J connectivity index is 1.57. The van der Waals surface area contributed by atoms with Gasteiger partial charge in [-0.3, -0.25) is 9.69 Å². The minimum atomic E-state index is -0.199. The van der Waals surface area contributed by atoms with Crippen LogP contribution in [0.5, 0.6) is 11.5 Å². The van der Waals surface area contributed by atoms with Crippen LogP contribution in [-0.4, -0.2) is 56.7 Å². The van der Waals surface area contributed by atoms with Crippen LogP contribution in [-0.2, 0) is 4.79 Å². The zero-order valence-electron chi connectivity index (χ0n) is 16.9. The summed E-state index contributed by atoms with van der Waals surface area (Å²) >= 11 is 0. The number of carbonyl (C=O) groups excluding carboxylic acids is 1. The zero-order valence-corrected chi connectivity index (χ0v) is 16.9. The van der Waals surface area contributed by atoms with Gasteiger partial charge in [-0.05, 0) is 38.1 Å². The third-order valence-electron chi connectivity index (χ3n) is 5.08. The summed E-state index contributed by atoms with van der Waals surface area (Å²) in [6.07, 6.45) is 0. The molecule has 1 fully saturated rings. The van der Waals surface area contributed by atoms with Gasteiger partial charge in [0, 0.05) is 37.9 Å². The van der Waals surface area contributed by atoms with Gasteiger partial charge in [-0.1, -0.05) is 18.2 Å². The SMILES string of the molecule is CCOc1ccccc1N1CCN([C@@H](C)C(=O)Nc2cccc(OC)c2)CC1. The van der Waals surface area contributed by atoms with Crippen molar-refractivity contribution in [2.45, 2.75) is 19.9 Å². The molecule has 0 saturated carbocycles. The number of para-hydroxylation sites is 2. The number of ether oxygens (including phenoxy) is 2. The van der Waals surface area contributed by atoms with Crippen LogP contribution in [0.1, 0.15) is 13.8 Å². The van der Waals surface area contributed by atoms with Crippen molar-refractivity contribution >= 4 is 17.3 Å². The Morgan fingerprint density at radius 3 is 2.57 bits per heavy atom. The molecule has 0 unspecified atom stereocenters. The highest BCUT2D eigenvalue weighted by molar-refractivity contribution is 5.94. The van der Waals surface area contributed by atoms with E-state index < -0.39 is 0 Å². The maximum absolute atomic E-state index is 12.7. The Bertz CT molecular complexity index is 788. The monoisotopic (exact) mass is 383 g/mol. The van der Waals surface area contributed by atoms with Gasteiger partial charge >= 0.3 is 0 Å². The number of amides is 1. The van der Waals surface area contributed by atoms with Crippen LogP contribution >= 0.6 is 0 Å². The average molecular weight is 383 g/mol. The van der Waals surface area contributed by atoms with Gasteiger partial charge in [0.25, 0.3) is 0 Å². The first-order chi connectivity index (χ1) is 13.6. The predicted molar refractivity (Wildman–Crippen MR) is 112 cm³/mol. The third kappa shape index (κ3) is 4.75. The van der Waals surface area contributed by atoms with E-state index in [1.807, 2.05) is 56.3 Å². The number of hydrogen-bond donors (Lipinski definition) is 1. The number of piperazine rings is 1. The molecule has 28 heavy (non-hydrogen) atoms. The van der Waals surface area contributed by atoms with Gasteiger partial charge in [0.2, 0.25) is 5.91 Å². The van der Waals surface area contributed by atoms with Gasteiger partial charge in [0.05, 0.1) is 25.4 Å². The van der Waals surface area contributed by atoms with Crippen LogP contribution < -0.4 is 19.7 Å². The molecule has 1 N–H and O–H groups in total. The van der Waals surface area contributed by atoms with E-state index in [1.54, 1.807) is 7.11 Å². The summed E-state index contributed by atoms with van der Waals surface area (Å²) in [4.78, 5) is 17.2. The van der Waals surface area contributed by atoms with Crippen LogP contribution in [0.15, 0.2) is 48.5 Å². The molecule has 1 saturated heterocycles. The number of methoxy groups -OCH3 is 1. The van der Waals surface area contributed by atoms with E-state index in [9.17, 15) is 4.79 Å². The van der Waals surface area contributed by atoms with Crippen molar-refractivity contribution in [1.82, 2.24) is 4.90 Å². The summed E-state index contributed by atoms with van der Waals surface area (Å²) in [7, 11) is 1.62. The molecule has 1 atom stereocenters. The highest BCUT2D eigenvalue weighted by Gasteiger charge is 2.26. The summed E-state index contributed by atoms with van der Waals surface area (Å²) in [5.41, 5.74) is 1.87. The normalized spacial score (nSPS) is 15.8. The zero-order chi connectivity index (χ0) is 19.9. The number of hydrogen-bond acceptors (Lipinski definition) is 5. The molecule has 2 aromatic rings. The molecule has 2 aromatic carbocycles. The van der Waals surface area contributed by atoms with Gasteiger partial charge in [-0.25, -0.2) is 0 Å². The third-order valence-corrected chi connectivity index (χ3v) is 5.08. The summed E-state index contributed by atoms with van der Waals surface area (Å²) in [6.45, 7) is 7.98. The Morgan fingerprint density at radius 1 is 1.11 bits per heavy atom. The number of nitrogens with zero attached hydrogens (tertiary/aromatic N) is 2. The van der Waals surface area contributed by atoms with E-state index in [0.717, 1.165) is 49.1 Å². The molecule has 6 nitrogen and oxygen atoms in total. The molecule has 1 aliphatic heterocycles. The van der Waals surface area contributed by atoms with Gasteiger partial charge in [0.1, 0.15) is 11.5 Å². The highest BCUT2D eigenvalue weighted by Crippen LogP contribution is 2.29. The lowest BCUT2D eigenvalue weighted by molar-refractivity contribution is -0.120. The van der Waals surface area contributed by atoms with Crippen LogP contribution in [0.3, 0.4) is 0 Å². The molecule has 1 amide bonds. The van der Waals surface area contributed by atoms with Crippen LogP contribution in [0.4, 0.5) is 11.4 Å². The average Bonchev–Trinajstić information content (AvgIpc) is 2.74. The summed E-state index contributed by atoms with van der Waals surface area (Å²) in [6, 6.07) is 15.4. The fourth-order valence-electron chi connectivity index (χ4n) is 3.46. The molecule has 0 aromatic heterocycles. The molecular weight excluding hydrogens is 354 g/mol. The molecule has 0 bridgehead atoms. The quantitative estimate of drug-likeness (QED) is 0.795. The largest absolute Gasteiger partial charge is 0.497 e. The standard InChI is InChI=1S/C22H29N3O3/c1-4-28-21-11-6-5-10-20(21)25-14-12-24(13-15-25)17(2)22(26)23-18-8-7-9-19(16-18)27-3/h5-11,16-17H,4,12-15H2,1-3H3,(H,23,26)/t17-/m0/s1. The molecule has 0 aliphatic carbocycles. The molecular formula is C22H29N3O3. The number of nitrogens with one attached hydrogen (secondary N) is 1. The number of rotatable bonds is 7. The number of benzene rings is 2. The lowest BCUT2D eigenvalue weighted by Gasteiger charge is -2.39. The number of anilines is 2. The minimum absolute atomic E-state index is 0.00332. The Morgan fingerprint density at radius 2 is 1.86 bits per heavy atom. The van der Waals surface area contributed by atoms with Crippen molar-refractivity contribution in [3.63, 3.8) is 0 Å². The Labute approximate surface area is 167 Å². The Hall–Kier alpha value is -2.73. The molecule has 1 heterocycles. The topological polar surface area (TPSA) is 54.0 Å². The molecule has 6 heteroatoms. The molecule has 150 valence electrons. The van der Waals surface area contributed by atoms with E-state index >= 15 is 0 Å². The molecule has 1 aliphatic rings. The van der Waals surface area contributed by atoms with E-state index in [2.05, 4.69) is 21.2 Å². The van der Waals surface area contributed by atoms with Crippen LogP contribution in [0.25, 0.3) is 0 Å². The Kier molecular flexibility index (Phi) is 6.76. The minimum Gasteiger partial charge on any atom is -0.497 e. The summed E-state index contributed by atoms with van der Waals surface area (Å²) in [5.74, 6) is 1.64. The molecule has 0 spiro atoms. The van der Waals surface area contributed by atoms with E-state index in [-0.39, 0.29) is 11.9 Å². The van der Waals surface area contributed by atoms with Crippen molar-refractivity contribution < 1.29 is 14.3 Å². The van der Waals surface area contributed by atoms with Crippen molar-refractivity contribution in [1.29, 1.82) is 0 Å². The van der Waals surface area contributed by atoms with Crippen molar-refractivity contribution in [2.75, 3.05) is 50.1 Å². The van der Waals surface area contributed by atoms with E-state index in [0.29, 0.717) is 6.61 Å². The fraction of sp³-hybridized carbons (Fsp3) is 0.409. The second-order valence-electron chi connectivity index (χ2n) is 6.82. The number of carbonyl (C=O) groups is 1. The van der Waals surface area contributed by atoms with Gasteiger partial charge in [-0.2, -0.15) is 0 Å². The first kappa shape index (κ1) is 20.0. The summed E-state index contributed by atoms with van der Waals surface area (Å²) < 4.78 is 11.0. The van der Waals surface area contributed by atoms with E-state index in [1.165, 1.54) is 0 Å². The van der Waals surface area contributed by atoms with Crippen molar-refractivity contribution in [2.24, 2.45) is 0 Å². The van der Waals surface area contributed by atoms with Gasteiger partial charge in [0.15, 0.2) is 0 Å². The second kappa shape index (κ2) is 9.46. The first-order valence-corrected chi connectivity index (χ1v) is 9.78. The summed E-state index contributed by atoms with van der Waals surface area (Å²) in [5, 5.41) is 2.99. The van der Waals surface area contributed by atoms with Gasteiger partial charge < -0.3 is 19.7 Å². The van der Waals surface area contributed by atoms with Crippen molar-refractivity contribution in [3.8, 4) is 11.5 Å². The van der Waals surface area contributed by atoms with Crippen molar-refractivity contribution in [3.05, 3.63) is 48.5 Å². The van der Waals surface area contributed by atoms with Crippen LogP contribution in [0, 0.1) is 0 Å². The second-order valence-corrected chi connectivity index (χ2v) is 6.82. The molecule has 0 radical (unpaired) electrons. The first-order valence-electron chi connectivity index (χ1n) is 9.78. The maximum Gasteiger partial charge on any atom is 0.241 e. The van der Waals surface area contributed by atoms with E-state index in [4.69, 9.17) is 9.47 Å². The lowest BCUT2D eigenvalue weighted by Crippen LogP contribution is -2.52. The predicted octanol–water partition coefficient (Wildman–Crippen LogP) is 3.24. The molecule has 3 rings (SSSR count). The highest BCUT2D eigenvalue weighted by atomic mass is 16.5. The fourth-order valence-corrected chi connectivity index (χ4v) is 3.46. The lowest BCUT2D eigenvalue weighted by atomic mass is 10.2. The maximum atomic E-state index is 12.7. The van der Waals surface area contributed by atoms with Gasteiger partial charge in [-0.15, -0.1) is 0 Å². The smallest absolute Gasteiger partial charge is 0.241 e. The van der Waals surface area contributed by atoms with Crippen LogP contribution in [0.2, 0.25) is 0 Å².